The molecule has 0 radical (unpaired) electrons. The topological polar surface area (TPSA) is 101 Å². The lowest BCUT2D eigenvalue weighted by Crippen LogP contribution is -2.39. The van der Waals surface area contributed by atoms with Gasteiger partial charge in [0.05, 0.1) is 29.1 Å². The van der Waals surface area contributed by atoms with Gasteiger partial charge < -0.3 is 15.4 Å². The Labute approximate surface area is 196 Å². The Kier molecular flexibility index (Phi) is 7.78. The molecule has 0 bridgehead atoms. The van der Waals surface area contributed by atoms with Gasteiger partial charge in [-0.1, -0.05) is 23.2 Å². The summed E-state index contributed by atoms with van der Waals surface area (Å²) < 4.78 is 31.4. The maximum Gasteiger partial charge on any atom is 0.243 e. The second-order valence-electron chi connectivity index (χ2n) is 6.85. The smallest absolute Gasteiger partial charge is 0.243 e. The Balaban J connectivity index is 1.53. The molecule has 0 aliphatic carbocycles. The zero-order valence-electron chi connectivity index (χ0n) is 17.4. The minimum atomic E-state index is -3.88. The number of carbonyl (C=O) groups is 1. The Hall–Kier alpha value is -2.59. The lowest BCUT2D eigenvalue weighted by atomic mass is 10.2. The first-order chi connectivity index (χ1) is 15.2. The van der Waals surface area contributed by atoms with Crippen molar-refractivity contribution in [3.05, 3.63) is 58.7 Å². The first-order valence-electron chi connectivity index (χ1n) is 9.57. The van der Waals surface area contributed by atoms with E-state index in [0.717, 1.165) is 20.9 Å². The maximum absolute atomic E-state index is 12.7. The molecule has 2 N–H and O–H groups in total. The number of nitrogens with zero attached hydrogens (tertiary/aromatic N) is 2. The molecule has 0 fully saturated rings. The van der Waals surface area contributed by atoms with Gasteiger partial charge in [-0.05, 0) is 42.5 Å². The Morgan fingerprint density at radius 3 is 2.62 bits per heavy atom. The van der Waals surface area contributed by atoms with E-state index in [0.29, 0.717) is 23.9 Å². The van der Waals surface area contributed by atoms with Crippen molar-refractivity contribution in [3.8, 4) is 5.75 Å². The molecule has 8 nitrogen and oxygen atoms in total. The fourth-order valence-electron chi connectivity index (χ4n) is 3.01. The van der Waals surface area contributed by atoms with E-state index in [1.54, 1.807) is 18.3 Å². The average Bonchev–Trinajstić information content (AvgIpc) is 2.76. The van der Waals surface area contributed by atoms with Crippen LogP contribution >= 0.6 is 23.2 Å². The molecule has 0 saturated carbocycles. The van der Waals surface area contributed by atoms with E-state index in [2.05, 4.69) is 15.6 Å². The molecule has 11 heteroatoms. The summed E-state index contributed by atoms with van der Waals surface area (Å²) in [6.07, 6.45) is 1.67. The molecule has 0 unspecified atom stereocenters. The summed E-state index contributed by atoms with van der Waals surface area (Å²) in [5.74, 6) is -0.0626. The SMILES string of the molecule is COc1ccc(S(=O)(=O)N(C)CC(=O)NCCNc2ccnc3cc(Cl)ccc23)cc1Cl. The number of rotatable bonds is 9. The number of fused-ring (bicyclic) bond motifs is 1. The number of likely N-dealkylation sites (N-methyl/N-ethyl adjacent to an activating group) is 1. The van der Waals surface area contributed by atoms with E-state index < -0.39 is 15.9 Å². The quantitative estimate of drug-likeness (QED) is 0.440. The summed E-state index contributed by atoms with van der Waals surface area (Å²) in [4.78, 5) is 16.5. The van der Waals surface area contributed by atoms with Gasteiger partial charge in [-0.2, -0.15) is 4.31 Å². The molecule has 1 aromatic heterocycles. The summed E-state index contributed by atoms with van der Waals surface area (Å²) >= 11 is 12.0. The molecule has 1 amide bonds. The van der Waals surface area contributed by atoms with Gasteiger partial charge in [-0.15, -0.1) is 0 Å². The predicted octanol–water partition coefficient (Wildman–Crippen LogP) is 3.40. The molecule has 32 heavy (non-hydrogen) atoms. The van der Waals surface area contributed by atoms with Crippen molar-refractivity contribution in [3.63, 3.8) is 0 Å². The first kappa shape index (κ1) is 24.1. The van der Waals surface area contributed by atoms with E-state index in [-0.39, 0.29) is 16.5 Å². The Bertz CT molecular complexity index is 1240. The second kappa shape index (κ2) is 10.4. The number of anilines is 1. The molecule has 0 aliphatic heterocycles. The fourth-order valence-corrected chi connectivity index (χ4v) is 4.65. The number of hydrogen-bond acceptors (Lipinski definition) is 6. The van der Waals surface area contributed by atoms with Gasteiger partial charge in [-0.3, -0.25) is 9.78 Å². The lowest BCUT2D eigenvalue weighted by molar-refractivity contribution is -0.121. The highest BCUT2D eigenvalue weighted by Crippen LogP contribution is 2.28. The highest BCUT2D eigenvalue weighted by Gasteiger charge is 2.23. The summed E-state index contributed by atoms with van der Waals surface area (Å²) in [6.45, 7) is 0.416. The van der Waals surface area contributed by atoms with Crippen LogP contribution in [0.5, 0.6) is 5.75 Å². The first-order valence-corrected chi connectivity index (χ1v) is 11.8. The zero-order valence-corrected chi connectivity index (χ0v) is 19.8. The van der Waals surface area contributed by atoms with Crippen molar-refractivity contribution < 1.29 is 17.9 Å². The number of carbonyl (C=O) groups excluding carboxylic acids is 1. The molecule has 1 heterocycles. The molecular weight excluding hydrogens is 475 g/mol. The number of benzene rings is 2. The molecule has 0 aliphatic rings. The van der Waals surface area contributed by atoms with E-state index in [9.17, 15) is 13.2 Å². The van der Waals surface area contributed by atoms with Gasteiger partial charge in [-0.25, -0.2) is 8.42 Å². The van der Waals surface area contributed by atoms with Crippen LogP contribution in [0.4, 0.5) is 5.69 Å². The van der Waals surface area contributed by atoms with Crippen molar-refractivity contribution in [2.24, 2.45) is 0 Å². The molecule has 3 aromatic rings. The van der Waals surface area contributed by atoms with Crippen LogP contribution in [-0.2, 0) is 14.8 Å². The van der Waals surface area contributed by atoms with Gasteiger partial charge in [0.2, 0.25) is 15.9 Å². The number of methoxy groups -OCH3 is 1. The van der Waals surface area contributed by atoms with Crippen LogP contribution < -0.4 is 15.4 Å². The van der Waals surface area contributed by atoms with E-state index >= 15 is 0 Å². The third-order valence-electron chi connectivity index (χ3n) is 4.67. The van der Waals surface area contributed by atoms with E-state index in [1.807, 2.05) is 12.1 Å². The van der Waals surface area contributed by atoms with Crippen molar-refractivity contribution in [1.29, 1.82) is 0 Å². The Morgan fingerprint density at radius 2 is 1.91 bits per heavy atom. The highest BCUT2D eigenvalue weighted by molar-refractivity contribution is 7.89. The lowest BCUT2D eigenvalue weighted by Gasteiger charge is -2.17. The number of ether oxygens (including phenoxy) is 1. The summed E-state index contributed by atoms with van der Waals surface area (Å²) in [5.41, 5.74) is 1.62. The van der Waals surface area contributed by atoms with Crippen LogP contribution in [0.25, 0.3) is 10.9 Å². The van der Waals surface area contributed by atoms with Gasteiger partial charge in [0.15, 0.2) is 0 Å². The Morgan fingerprint density at radius 1 is 1.12 bits per heavy atom. The van der Waals surface area contributed by atoms with Gasteiger partial charge >= 0.3 is 0 Å². The van der Waals surface area contributed by atoms with Crippen molar-refractivity contribution in [2.75, 3.05) is 39.1 Å². The van der Waals surface area contributed by atoms with Crippen LogP contribution in [0.1, 0.15) is 0 Å². The number of aromatic nitrogens is 1. The maximum atomic E-state index is 12.7. The molecule has 3 rings (SSSR count). The van der Waals surface area contributed by atoms with Gasteiger partial charge in [0.1, 0.15) is 5.75 Å². The number of nitrogens with one attached hydrogen (secondary N) is 2. The molecule has 0 saturated heterocycles. The predicted molar refractivity (Wildman–Crippen MR) is 126 cm³/mol. The van der Waals surface area contributed by atoms with Crippen molar-refractivity contribution in [2.45, 2.75) is 4.90 Å². The highest BCUT2D eigenvalue weighted by atomic mass is 35.5. The number of hydrogen-bond donors (Lipinski definition) is 2. The van der Waals surface area contributed by atoms with Gasteiger partial charge in [0, 0.05) is 42.4 Å². The molecular formula is C21H22Cl2N4O4S. The normalized spacial score (nSPS) is 11.5. The summed E-state index contributed by atoms with van der Waals surface area (Å²) in [7, 11) is -1.11. The second-order valence-corrected chi connectivity index (χ2v) is 9.74. The molecule has 0 spiro atoms. The largest absolute Gasteiger partial charge is 0.495 e. The van der Waals surface area contributed by atoms with Crippen LogP contribution in [0.3, 0.4) is 0 Å². The number of halogens is 2. The van der Waals surface area contributed by atoms with Crippen LogP contribution in [-0.4, -0.2) is 57.4 Å². The average molecular weight is 497 g/mol. The van der Waals surface area contributed by atoms with Gasteiger partial charge in [0.25, 0.3) is 0 Å². The summed E-state index contributed by atoms with van der Waals surface area (Å²) in [5, 5.41) is 7.62. The van der Waals surface area contributed by atoms with Crippen LogP contribution in [0.2, 0.25) is 10.0 Å². The third-order valence-corrected chi connectivity index (χ3v) is 6.99. The van der Waals surface area contributed by atoms with E-state index in [1.165, 1.54) is 32.4 Å². The van der Waals surface area contributed by atoms with Crippen LogP contribution in [0.15, 0.2) is 53.6 Å². The molecule has 0 atom stereocenters. The minimum absolute atomic E-state index is 0.0232. The minimum Gasteiger partial charge on any atom is -0.495 e. The molecule has 170 valence electrons. The standard InChI is InChI=1S/C21H22Cl2N4O4S/c1-27(32(29,30)15-4-6-20(31-2)17(23)12-15)13-21(28)26-10-9-25-18-7-8-24-19-11-14(22)3-5-16(18)19/h3-8,11-12H,9-10,13H2,1-2H3,(H,24,25)(H,26,28). The zero-order chi connectivity index (χ0) is 23.3. The number of pyridine rings is 1. The van der Waals surface area contributed by atoms with Crippen LogP contribution in [0, 0.1) is 0 Å². The van der Waals surface area contributed by atoms with Crippen molar-refractivity contribution in [1.82, 2.24) is 14.6 Å². The summed E-state index contributed by atoms with van der Waals surface area (Å²) in [6, 6.07) is 11.4. The number of sulfonamides is 1. The van der Waals surface area contributed by atoms with E-state index in [4.69, 9.17) is 27.9 Å². The monoisotopic (exact) mass is 496 g/mol. The number of amides is 1. The fraction of sp³-hybridized carbons (Fsp3) is 0.238. The molecule has 2 aromatic carbocycles. The third kappa shape index (κ3) is 5.60. The van der Waals surface area contributed by atoms with Crippen molar-refractivity contribution >= 4 is 55.7 Å².